The topological polar surface area (TPSA) is 38.5 Å². The highest BCUT2D eigenvalue weighted by Gasteiger charge is 2.20. The smallest absolute Gasteiger partial charge is 0.123 e. The average molecular weight is 301 g/mol. The maximum absolute atomic E-state index is 5.92. The van der Waals surface area contributed by atoms with Crippen molar-refractivity contribution in [2.45, 2.75) is 25.4 Å². The van der Waals surface area contributed by atoms with Crippen molar-refractivity contribution >= 4 is 15.9 Å². The molecule has 0 bridgehead atoms. The van der Waals surface area contributed by atoms with Gasteiger partial charge in [0, 0.05) is 22.1 Å². The van der Waals surface area contributed by atoms with Crippen molar-refractivity contribution in [2.75, 3.05) is 21.2 Å². The number of hydrogen-bond acceptors (Lipinski definition) is 3. The van der Waals surface area contributed by atoms with Gasteiger partial charge >= 0.3 is 0 Å². The first-order valence-corrected chi connectivity index (χ1v) is 6.50. The van der Waals surface area contributed by atoms with Crippen LogP contribution < -0.4 is 10.5 Å². The van der Waals surface area contributed by atoms with Gasteiger partial charge in [-0.2, -0.15) is 0 Å². The number of methoxy groups -OCH3 is 1. The molecule has 17 heavy (non-hydrogen) atoms. The molecular formula is C13H21BrN2O. The lowest BCUT2D eigenvalue weighted by molar-refractivity contribution is 0.264. The van der Waals surface area contributed by atoms with E-state index >= 15 is 0 Å². The van der Waals surface area contributed by atoms with Crippen molar-refractivity contribution in [2.24, 2.45) is 5.73 Å². The Morgan fingerprint density at radius 3 is 2.53 bits per heavy atom. The highest BCUT2D eigenvalue weighted by molar-refractivity contribution is 9.10. The Morgan fingerprint density at radius 2 is 2.06 bits per heavy atom. The van der Waals surface area contributed by atoms with E-state index in [2.05, 4.69) is 41.0 Å². The van der Waals surface area contributed by atoms with Crippen LogP contribution in [-0.4, -0.2) is 32.1 Å². The predicted octanol–water partition coefficient (Wildman–Crippen LogP) is 2.80. The van der Waals surface area contributed by atoms with Crippen LogP contribution in [0.3, 0.4) is 0 Å². The van der Waals surface area contributed by atoms with E-state index in [4.69, 9.17) is 10.5 Å². The number of hydrogen-bond donors (Lipinski definition) is 1. The molecule has 0 radical (unpaired) electrons. The zero-order valence-corrected chi connectivity index (χ0v) is 12.5. The fourth-order valence-electron chi connectivity index (χ4n) is 1.93. The summed E-state index contributed by atoms with van der Waals surface area (Å²) in [6, 6.07) is 6.50. The van der Waals surface area contributed by atoms with E-state index in [1.165, 1.54) is 5.56 Å². The fourth-order valence-corrected chi connectivity index (χ4v) is 2.31. The SMILES string of the molecule is COc1ccc(Br)cc1C(CC(C)N)N(C)C. The predicted molar refractivity (Wildman–Crippen MR) is 75.4 cm³/mol. The summed E-state index contributed by atoms with van der Waals surface area (Å²) in [7, 11) is 5.83. The molecule has 0 aliphatic carbocycles. The number of halogens is 1. The molecular weight excluding hydrogens is 280 g/mol. The van der Waals surface area contributed by atoms with E-state index in [1.807, 2.05) is 19.1 Å². The molecule has 0 heterocycles. The number of rotatable bonds is 5. The molecule has 0 aliphatic heterocycles. The molecule has 96 valence electrons. The van der Waals surface area contributed by atoms with Crippen LogP contribution in [0, 0.1) is 0 Å². The van der Waals surface area contributed by atoms with E-state index in [9.17, 15) is 0 Å². The fraction of sp³-hybridized carbons (Fsp3) is 0.538. The molecule has 1 aromatic rings. The van der Waals surface area contributed by atoms with Crippen LogP contribution in [-0.2, 0) is 0 Å². The number of benzene rings is 1. The second-order valence-corrected chi connectivity index (χ2v) is 5.49. The lowest BCUT2D eigenvalue weighted by Crippen LogP contribution is -2.27. The van der Waals surface area contributed by atoms with Gasteiger partial charge in [-0.1, -0.05) is 15.9 Å². The van der Waals surface area contributed by atoms with Crippen molar-refractivity contribution < 1.29 is 4.74 Å². The Bertz CT molecular complexity index is 366. The Kier molecular flexibility index (Phi) is 5.43. The standard InChI is InChI=1S/C13H21BrN2O/c1-9(15)7-12(16(2)3)11-8-10(14)5-6-13(11)17-4/h5-6,8-9,12H,7,15H2,1-4H3. The van der Waals surface area contributed by atoms with Crippen molar-refractivity contribution in [3.8, 4) is 5.75 Å². The summed E-state index contributed by atoms with van der Waals surface area (Å²) in [4.78, 5) is 2.17. The van der Waals surface area contributed by atoms with Gasteiger partial charge in [0.2, 0.25) is 0 Å². The Hall–Kier alpha value is -0.580. The van der Waals surface area contributed by atoms with E-state index in [1.54, 1.807) is 7.11 Å². The van der Waals surface area contributed by atoms with Crippen LogP contribution in [0.15, 0.2) is 22.7 Å². The second kappa shape index (κ2) is 6.38. The van der Waals surface area contributed by atoms with Gasteiger partial charge in [0.15, 0.2) is 0 Å². The molecule has 3 nitrogen and oxygen atoms in total. The molecule has 1 rings (SSSR count). The molecule has 0 saturated heterocycles. The number of ether oxygens (including phenoxy) is 1. The van der Waals surface area contributed by atoms with Gasteiger partial charge in [0.1, 0.15) is 5.75 Å². The normalized spacial score (nSPS) is 14.8. The van der Waals surface area contributed by atoms with Crippen LogP contribution in [0.2, 0.25) is 0 Å². The molecule has 0 aliphatic rings. The number of nitrogens with zero attached hydrogens (tertiary/aromatic N) is 1. The van der Waals surface area contributed by atoms with Crippen LogP contribution in [0.5, 0.6) is 5.75 Å². The monoisotopic (exact) mass is 300 g/mol. The zero-order chi connectivity index (χ0) is 13.0. The summed E-state index contributed by atoms with van der Waals surface area (Å²) in [5.41, 5.74) is 7.09. The van der Waals surface area contributed by atoms with E-state index in [-0.39, 0.29) is 12.1 Å². The molecule has 0 fully saturated rings. The average Bonchev–Trinajstić information content (AvgIpc) is 2.25. The van der Waals surface area contributed by atoms with Crippen LogP contribution in [0.25, 0.3) is 0 Å². The lowest BCUT2D eigenvalue weighted by atomic mass is 9.98. The van der Waals surface area contributed by atoms with Gasteiger partial charge in [0.05, 0.1) is 7.11 Å². The summed E-state index contributed by atoms with van der Waals surface area (Å²) in [6.07, 6.45) is 0.903. The minimum absolute atomic E-state index is 0.158. The third-order valence-electron chi connectivity index (χ3n) is 2.77. The summed E-state index contributed by atoms with van der Waals surface area (Å²) >= 11 is 3.50. The minimum atomic E-state index is 0.158. The van der Waals surface area contributed by atoms with Gasteiger partial charge in [-0.05, 0) is 45.6 Å². The van der Waals surface area contributed by atoms with Crippen LogP contribution in [0.1, 0.15) is 24.9 Å². The maximum atomic E-state index is 5.92. The molecule has 2 unspecified atom stereocenters. The molecule has 1 aromatic carbocycles. The van der Waals surface area contributed by atoms with Crippen molar-refractivity contribution in [3.63, 3.8) is 0 Å². The maximum Gasteiger partial charge on any atom is 0.123 e. The van der Waals surface area contributed by atoms with Gasteiger partial charge < -0.3 is 15.4 Å². The van der Waals surface area contributed by atoms with Crippen LogP contribution in [0.4, 0.5) is 0 Å². The zero-order valence-electron chi connectivity index (χ0n) is 10.9. The summed E-state index contributed by atoms with van der Waals surface area (Å²) < 4.78 is 6.48. The quantitative estimate of drug-likeness (QED) is 0.909. The van der Waals surface area contributed by atoms with Gasteiger partial charge in [-0.25, -0.2) is 0 Å². The Morgan fingerprint density at radius 1 is 1.41 bits per heavy atom. The van der Waals surface area contributed by atoms with Crippen molar-refractivity contribution in [3.05, 3.63) is 28.2 Å². The lowest BCUT2D eigenvalue weighted by Gasteiger charge is -2.27. The first kappa shape index (κ1) is 14.5. The van der Waals surface area contributed by atoms with Gasteiger partial charge in [-0.15, -0.1) is 0 Å². The summed E-state index contributed by atoms with van der Waals surface area (Å²) in [5.74, 6) is 0.910. The molecule has 0 aromatic heterocycles. The van der Waals surface area contributed by atoms with E-state index < -0.39 is 0 Å². The first-order valence-electron chi connectivity index (χ1n) is 5.71. The van der Waals surface area contributed by atoms with Gasteiger partial charge in [-0.3, -0.25) is 0 Å². The Balaban J connectivity index is 3.11. The molecule has 2 atom stereocenters. The molecule has 2 N–H and O–H groups in total. The minimum Gasteiger partial charge on any atom is -0.496 e. The molecule has 0 spiro atoms. The highest BCUT2D eigenvalue weighted by Crippen LogP contribution is 2.33. The Labute approximate surface area is 112 Å². The third kappa shape index (κ3) is 3.98. The number of nitrogens with two attached hydrogens (primary N) is 1. The third-order valence-corrected chi connectivity index (χ3v) is 3.26. The molecule has 0 amide bonds. The first-order chi connectivity index (χ1) is 7.95. The van der Waals surface area contributed by atoms with Gasteiger partial charge in [0.25, 0.3) is 0 Å². The summed E-state index contributed by atoms with van der Waals surface area (Å²) in [6.45, 7) is 2.03. The van der Waals surface area contributed by atoms with E-state index in [0.29, 0.717) is 0 Å². The van der Waals surface area contributed by atoms with Crippen LogP contribution >= 0.6 is 15.9 Å². The second-order valence-electron chi connectivity index (χ2n) is 4.58. The van der Waals surface area contributed by atoms with Crippen molar-refractivity contribution in [1.29, 1.82) is 0 Å². The molecule has 4 heteroatoms. The molecule has 0 saturated carbocycles. The summed E-state index contributed by atoms with van der Waals surface area (Å²) in [5, 5.41) is 0. The van der Waals surface area contributed by atoms with E-state index in [0.717, 1.165) is 16.6 Å². The highest BCUT2D eigenvalue weighted by atomic mass is 79.9. The largest absolute Gasteiger partial charge is 0.496 e. The van der Waals surface area contributed by atoms with Crippen molar-refractivity contribution in [1.82, 2.24) is 4.90 Å².